The molecule has 5 heteroatoms. The van der Waals surface area contributed by atoms with Gasteiger partial charge in [-0.3, -0.25) is 0 Å². The summed E-state index contributed by atoms with van der Waals surface area (Å²) in [6.45, 7) is 8.64. The van der Waals surface area contributed by atoms with E-state index < -0.39 is 7.26 Å². The van der Waals surface area contributed by atoms with Gasteiger partial charge in [0.2, 0.25) is 0 Å². The van der Waals surface area contributed by atoms with E-state index in [2.05, 4.69) is 160 Å². The molecule has 0 bridgehead atoms. The van der Waals surface area contributed by atoms with Crippen molar-refractivity contribution in [3.8, 4) is 4.37 Å². The van der Waals surface area contributed by atoms with Gasteiger partial charge >= 0.3 is 297 Å². The van der Waals surface area contributed by atoms with E-state index in [-0.39, 0.29) is 0 Å². The number of hydrogen-bond donors (Lipinski definition) is 0. The van der Waals surface area contributed by atoms with Crippen LogP contribution in [0.2, 0.25) is 0 Å². The molecule has 1 fully saturated rings. The number of rotatable bonds is 8. The van der Waals surface area contributed by atoms with Crippen molar-refractivity contribution in [2.75, 3.05) is 0 Å². The molecule has 1 heterocycles. The molecule has 3 nitrogen and oxygen atoms in total. The Morgan fingerprint density at radius 1 is 0.729 bits per heavy atom. The van der Waals surface area contributed by atoms with Gasteiger partial charge in [0, 0.05) is 0 Å². The monoisotopic (exact) mass is 823 g/mol. The Balaban J connectivity index is 1.74. The quantitative estimate of drug-likeness (QED) is 0.115. The van der Waals surface area contributed by atoms with E-state index in [1.807, 2.05) is 25.0 Å². The zero-order valence-electron chi connectivity index (χ0n) is 28.4. The first-order valence-corrected chi connectivity index (χ1v) is 19.7. The van der Waals surface area contributed by atoms with Gasteiger partial charge in [-0.15, -0.1) is 0 Å². The van der Waals surface area contributed by atoms with Crippen molar-refractivity contribution in [1.82, 2.24) is 15.0 Å². The summed E-state index contributed by atoms with van der Waals surface area (Å²) in [6, 6.07) is 33.3. The predicted molar refractivity (Wildman–Crippen MR) is 203 cm³/mol. The molecule has 0 unspecified atom stereocenters. The third-order valence-electron chi connectivity index (χ3n) is 9.46. The van der Waals surface area contributed by atoms with Gasteiger partial charge in [0.1, 0.15) is 0 Å². The van der Waals surface area contributed by atoms with Gasteiger partial charge in [-0.25, -0.2) is 0 Å². The topological polar surface area (TPSA) is 30.7 Å². The normalized spacial score (nSPS) is 16.0. The van der Waals surface area contributed by atoms with Crippen LogP contribution >= 0.6 is 7.26 Å². The second-order valence-electron chi connectivity index (χ2n) is 12.2. The van der Waals surface area contributed by atoms with Crippen LogP contribution in [0.1, 0.15) is 55.4 Å². The molecule has 241 valence electrons. The van der Waals surface area contributed by atoms with Crippen molar-refractivity contribution in [3.63, 3.8) is 0 Å². The molecule has 0 atom stereocenters. The molecular weight excluding hydrogens is 780 g/mol. The molecule has 1 aliphatic rings. The minimum atomic E-state index is -2.39. The number of aryl methyl sites for hydroxylation is 1. The second-order valence-corrected chi connectivity index (χ2v) is 16.2. The Hall–Kier alpha value is -4.17. The third-order valence-corrected chi connectivity index (χ3v) is 14.9. The second kappa shape index (κ2) is 14.9. The van der Waals surface area contributed by atoms with Crippen molar-refractivity contribution < 1.29 is 17.9 Å². The molecule has 48 heavy (non-hydrogen) atoms. The standard InChI is InChI=1S/C43H42N3P.Os/c1-7-19-40-31(3)32(4)41(43-42(40)44-46(6)45-43)29-28-35(30-36-21-18-20-34(36)8-2)33(5)47(37-22-12-9-13-23-37,38-24-14-10-15-25-38)39-26-16-11-17-27-39;/h7-17,19,22-30H,18,20-21H2,1-4,6H3;/q+1;/b19-7+,29-28+,34-8?,35-33?,36-30?;. The van der Waals surface area contributed by atoms with E-state index >= 15 is 0 Å². The molecule has 0 radical (unpaired) electrons. The minimum absolute atomic E-state index is 0.926. The molecule has 4 aromatic carbocycles. The molecule has 0 N–H and O–H groups in total. The van der Waals surface area contributed by atoms with Crippen LogP contribution in [-0.4, -0.2) is 15.0 Å². The van der Waals surface area contributed by atoms with Crippen LogP contribution in [0, 0.1) is 18.2 Å². The molecule has 0 aliphatic heterocycles. The number of hydrogen-bond acceptors (Lipinski definition) is 2. The van der Waals surface area contributed by atoms with E-state index in [9.17, 15) is 0 Å². The van der Waals surface area contributed by atoms with Crippen molar-refractivity contribution in [2.24, 2.45) is 7.05 Å². The number of aromatic nitrogens is 3. The molecule has 0 spiro atoms. The fourth-order valence-electron chi connectivity index (χ4n) is 7.04. The Labute approximate surface area is 295 Å². The van der Waals surface area contributed by atoms with E-state index in [4.69, 9.17) is 10.2 Å². The number of benzene rings is 4. The summed E-state index contributed by atoms with van der Waals surface area (Å²) in [5.74, 6) is 0. The zero-order valence-corrected chi connectivity index (χ0v) is 31.8. The van der Waals surface area contributed by atoms with E-state index in [0.717, 1.165) is 35.0 Å². The van der Waals surface area contributed by atoms with Gasteiger partial charge in [0.15, 0.2) is 0 Å². The van der Waals surface area contributed by atoms with Crippen LogP contribution in [0.5, 0.6) is 0 Å². The Kier molecular flexibility index (Phi) is 10.5. The molecule has 1 aliphatic carbocycles. The Bertz CT molecular complexity index is 2050. The van der Waals surface area contributed by atoms with Crippen LogP contribution in [0.3, 0.4) is 0 Å². The number of fused-ring (bicyclic) bond motifs is 1. The Morgan fingerprint density at radius 2 is 1.21 bits per heavy atom. The Morgan fingerprint density at radius 3 is 1.67 bits per heavy atom. The first kappa shape index (κ1) is 33.7. The van der Waals surface area contributed by atoms with Gasteiger partial charge in [-0.1, -0.05) is 0 Å². The van der Waals surface area contributed by atoms with Gasteiger partial charge in [0.25, 0.3) is 0 Å². The molecule has 5 aromatic rings. The van der Waals surface area contributed by atoms with E-state index in [0.29, 0.717) is 0 Å². The van der Waals surface area contributed by atoms with Gasteiger partial charge in [-0.05, 0) is 0 Å². The molecule has 1 aromatic heterocycles. The third kappa shape index (κ3) is 6.23. The fourth-order valence-corrected chi connectivity index (χ4v) is 12.9. The summed E-state index contributed by atoms with van der Waals surface area (Å²) in [7, 11) is -0.482. The summed E-state index contributed by atoms with van der Waals surface area (Å²) in [5, 5.41) is 14.9. The van der Waals surface area contributed by atoms with Crippen molar-refractivity contribution in [3.05, 3.63) is 160 Å². The van der Waals surface area contributed by atoms with Crippen molar-refractivity contribution >= 4 is 46.4 Å². The summed E-state index contributed by atoms with van der Waals surface area (Å²) in [4.78, 5) is 1.69. The zero-order chi connectivity index (χ0) is 33.7. The van der Waals surface area contributed by atoms with Crippen molar-refractivity contribution in [2.45, 2.75) is 47.0 Å². The number of allylic oxidation sites excluding steroid dienone is 8. The van der Waals surface area contributed by atoms with Crippen LogP contribution in [0.25, 0.3) is 23.2 Å². The van der Waals surface area contributed by atoms with Crippen LogP contribution in [0.4, 0.5) is 0 Å². The summed E-state index contributed by atoms with van der Waals surface area (Å²) in [6.07, 6.45) is 17.0. The molecule has 0 saturated heterocycles. The van der Waals surface area contributed by atoms with Crippen LogP contribution in [0.15, 0.2) is 137 Å². The predicted octanol–water partition coefficient (Wildman–Crippen LogP) is 9.44. The maximum absolute atomic E-state index is 4.89. The van der Waals surface area contributed by atoms with E-state index in [1.165, 1.54) is 55.5 Å². The fraction of sp³-hybridized carbons (Fsp3) is 0.186. The van der Waals surface area contributed by atoms with Crippen LogP contribution in [-0.2, 0) is 25.0 Å². The summed E-state index contributed by atoms with van der Waals surface area (Å²) >= 11 is 1.83. The number of nitrogens with zero attached hydrogens (tertiary/aromatic N) is 3. The molecular formula is C43H42N3OsP+. The van der Waals surface area contributed by atoms with E-state index in [1.54, 1.807) is 4.80 Å². The van der Waals surface area contributed by atoms with Gasteiger partial charge in [-0.2, -0.15) is 0 Å². The summed E-state index contributed by atoms with van der Waals surface area (Å²) in [5.41, 5.74) is 10.6. The summed E-state index contributed by atoms with van der Waals surface area (Å²) < 4.78 is 3.88. The SMILES string of the molecule is CC=C1CCCC1=CC(/C=C/c1c(C)c(C)c(/C=C/C)c2nn(C)nc12)=C([C]#[Os])[P+](c1ccccc1)(c1ccccc1)c1ccccc1. The average Bonchev–Trinajstić information content (AvgIpc) is 3.75. The first-order chi connectivity index (χ1) is 23.4. The molecule has 1 saturated carbocycles. The molecule has 6 rings (SSSR count). The first-order valence-electron chi connectivity index (χ1n) is 16.6. The maximum atomic E-state index is 4.89. The average molecular weight is 822 g/mol. The van der Waals surface area contributed by atoms with Gasteiger partial charge in [0.05, 0.1) is 0 Å². The van der Waals surface area contributed by atoms with Crippen molar-refractivity contribution in [1.29, 1.82) is 0 Å². The molecule has 0 amide bonds. The van der Waals surface area contributed by atoms with Crippen LogP contribution < -0.4 is 15.9 Å². The van der Waals surface area contributed by atoms with Gasteiger partial charge < -0.3 is 0 Å².